The van der Waals surface area contributed by atoms with Crippen molar-refractivity contribution < 1.29 is 14.3 Å². The Hall–Kier alpha value is -1.42. The lowest BCUT2D eigenvalue weighted by atomic mass is 10.0. The molecule has 0 amide bonds. The third-order valence-electron chi connectivity index (χ3n) is 2.02. The highest BCUT2D eigenvalue weighted by molar-refractivity contribution is 6.00. The van der Waals surface area contributed by atoms with Crippen LogP contribution in [0.5, 0.6) is 5.75 Å². The number of nitrogens with two attached hydrogens (primary N) is 1. The number of Topliss-reactive ketones (excluding diaryl/α,β-unsaturated/α-hetero) is 1. The van der Waals surface area contributed by atoms with Crippen molar-refractivity contribution in [2.75, 3.05) is 6.54 Å². The fourth-order valence-corrected chi connectivity index (χ4v) is 1.18. The number of carbonyl (C=O) groups excluding carboxylic acids is 1. The lowest BCUT2D eigenvalue weighted by molar-refractivity contribution is 0.0998. The predicted octanol–water partition coefficient (Wildman–Crippen LogP) is 1.24. The fourth-order valence-electron chi connectivity index (χ4n) is 1.18. The lowest BCUT2D eigenvalue weighted by Crippen LogP contribution is -2.14. The molecule has 0 aliphatic carbocycles. The molecule has 1 rings (SSSR count). The summed E-state index contributed by atoms with van der Waals surface area (Å²) in [5.41, 5.74) is 5.76. The maximum Gasteiger partial charge on any atom is 0.180 e. The van der Waals surface area contributed by atoms with Crippen molar-refractivity contribution in [3.05, 3.63) is 29.1 Å². The standard InChI is InChI=1S/C10H12FNO2/c1-2-6-3-7(9(13)5-12)10(14)8(11)4-6/h3-4,14H,2,5,12H2,1H3. The SMILES string of the molecule is CCc1cc(F)c(O)c(C(=O)CN)c1. The first kappa shape index (κ1) is 10.7. The number of ketones is 1. The van der Waals surface area contributed by atoms with Crippen molar-refractivity contribution >= 4 is 5.78 Å². The van der Waals surface area contributed by atoms with E-state index in [1.54, 1.807) is 0 Å². The Bertz CT molecular complexity index is 363. The number of phenols is 1. The minimum absolute atomic E-state index is 0.0376. The second-order valence-electron chi connectivity index (χ2n) is 2.95. The van der Waals surface area contributed by atoms with E-state index in [1.807, 2.05) is 6.92 Å². The van der Waals surface area contributed by atoms with Crippen LogP contribution in [0, 0.1) is 5.82 Å². The van der Waals surface area contributed by atoms with Crippen LogP contribution in [0.2, 0.25) is 0 Å². The van der Waals surface area contributed by atoms with Gasteiger partial charge in [-0.15, -0.1) is 0 Å². The number of hydrogen-bond acceptors (Lipinski definition) is 3. The van der Waals surface area contributed by atoms with Gasteiger partial charge in [-0.25, -0.2) is 4.39 Å². The molecule has 0 aliphatic heterocycles. The number of rotatable bonds is 3. The zero-order valence-electron chi connectivity index (χ0n) is 7.88. The van der Waals surface area contributed by atoms with Crippen LogP contribution in [0.1, 0.15) is 22.8 Å². The van der Waals surface area contributed by atoms with Gasteiger partial charge in [0.1, 0.15) is 0 Å². The van der Waals surface area contributed by atoms with Gasteiger partial charge in [-0.2, -0.15) is 0 Å². The predicted molar refractivity (Wildman–Crippen MR) is 50.8 cm³/mol. The van der Waals surface area contributed by atoms with Crippen molar-refractivity contribution in [2.24, 2.45) is 5.73 Å². The molecule has 0 aromatic heterocycles. The third kappa shape index (κ3) is 1.90. The van der Waals surface area contributed by atoms with E-state index < -0.39 is 17.3 Å². The Kier molecular flexibility index (Phi) is 3.19. The summed E-state index contributed by atoms with van der Waals surface area (Å²) in [6, 6.07) is 2.68. The van der Waals surface area contributed by atoms with Crippen molar-refractivity contribution in [1.29, 1.82) is 0 Å². The van der Waals surface area contributed by atoms with Crippen LogP contribution in [0.25, 0.3) is 0 Å². The van der Waals surface area contributed by atoms with E-state index in [0.717, 1.165) is 0 Å². The summed E-state index contributed by atoms with van der Waals surface area (Å²) in [7, 11) is 0. The van der Waals surface area contributed by atoms with Crippen LogP contribution in [0.15, 0.2) is 12.1 Å². The van der Waals surface area contributed by atoms with Gasteiger partial charge in [-0.1, -0.05) is 6.92 Å². The third-order valence-corrected chi connectivity index (χ3v) is 2.02. The molecule has 4 heteroatoms. The van der Waals surface area contributed by atoms with Crippen molar-refractivity contribution in [2.45, 2.75) is 13.3 Å². The molecule has 0 unspecified atom stereocenters. The van der Waals surface area contributed by atoms with Crippen LogP contribution in [0.4, 0.5) is 4.39 Å². The Morgan fingerprint density at radius 3 is 2.71 bits per heavy atom. The van der Waals surface area contributed by atoms with E-state index in [-0.39, 0.29) is 12.1 Å². The topological polar surface area (TPSA) is 63.3 Å². The molecule has 0 radical (unpaired) electrons. The molecule has 0 bridgehead atoms. The maximum absolute atomic E-state index is 13.1. The second-order valence-corrected chi connectivity index (χ2v) is 2.95. The molecular weight excluding hydrogens is 185 g/mol. The highest BCUT2D eigenvalue weighted by Gasteiger charge is 2.14. The monoisotopic (exact) mass is 197 g/mol. The van der Waals surface area contributed by atoms with Gasteiger partial charge >= 0.3 is 0 Å². The molecule has 76 valence electrons. The normalized spacial score (nSPS) is 10.2. The Balaban J connectivity index is 3.27. The number of aryl methyl sites for hydroxylation is 1. The van der Waals surface area contributed by atoms with Crippen molar-refractivity contribution in [1.82, 2.24) is 0 Å². The van der Waals surface area contributed by atoms with Crippen LogP contribution >= 0.6 is 0 Å². The molecule has 0 saturated carbocycles. The number of aromatic hydroxyl groups is 1. The average molecular weight is 197 g/mol. The summed E-state index contributed by atoms with van der Waals surface area (Å²) in [6.45, 7) is 1.60. The highest BCUT2D eigenvalue weighted by atomic mass is 19.1. The van der Waals surface area contributed by atoms with Gasteiger partial charge in [0.05, 0.1) is 12.1 Å². The summed E-state index contributed by atoms with van der Waals surface area (Å²) in [5, 5.41) is 9.27. The van der Waals surface area contributed by atoms with Crippen LogP contribution < -0.4 is 5.73 Å². The molecular formula is C10H12FNO2. The quantitative estimate of drug-likeness (QED) is 0.716. The smallest absolute Gasteiger partial charge is 0.180 e. The van der Waals surface area contributed by atoms with E-state index in [4.69, 9.17) is 5.73 Å². The number of phenolic OH excluding ortho intramolecular Hbond substituents is 1. The minimum atomic E-state index is -0.777. The molecule has 3 nitrogen and oxygen atoms in total. The molecule has 0 aliphatic rings. The van der Waals surface area contributed by atoms with E-state index in [0.29, 0.717) is 12.0 Å². The molecule has 0 heterocycles. The van der Waals surface area contributed by atoms with Gasteiger partial charge in [0.15, 0.2) is 17.3 Å². The number of carbonyl (C=O) groups is 1. The fraction of sp³-hybridized carbons (Fsp3) is 0.300. The maximum atomic E-state index is 13.1. The first-order valence-corrected chi connectivity index (χ1v) is 4.34. The Morgan fingerprint density at radius 1 is 1.57 bits per heavy atom. The molecule has 0 atom stereocenters. The molecule has 14 heavy (non-hydrogen) atoms. The molecule has 3 N–H and O–H groups in total. The van der Waals surface area contributed by atoms with Gasteiger partial charge in [0.25, 0.3) is 0 Å². The zero-order chi connectivity index (χ0) is 10.7. The summed E-state index contributed by atoms with van der Waals surface area (Å²) in [6.07, 6.45) is 0.599. The largest absolute Gasteiger partial charge is 0.504 e. The van der Waals surface area contributed by atoms with Gasteiger partial charge in [0, 0.05) is 0 Å². The first-order valence-electron chi connectivity index (χ1n) is 4.34. The summed E-state index contributed by atoms with van der Waals surface area (Å²) < 4.78 is 13.1. The van der Waals surface area contributed by atoms with Crippen LogP contribution in [0.3, 0.4) is 0 Å². The molecule has 1 aromatic rings. The highest BCUT2D eigenvalue weighted by Crippen LogP contribution is 2.23. The lowest BCUT2D eigenvalue weighted by Gasteiger charge is -2.05. The van der Waals surface area contributed by atoms with Crippen LogP contribution in [-0.4, -0.2) is 17.4 Å². The van der Waals surface area contributed by atoms with Gasteiger partial charge in [-0.3, -0.25) is 4.79 Å². The number of benzene rings is 1. The van der Waals surface area contributed by atoms with E-state index in [1.165, 1.54) is 12.1 Å². The second kappa shape index (κ2) is 4.19. The van der Waals surface area contributed by atoms with E-state index >= 15 is 0 Å². The molecule has 0 spiro atoms. The van der Waals surface area contributed by atoms with Crippen molar-refractivity contribution in [3.63, 3.8) is 0 Å². The first-order chi connectivity index (χ1) is 6.60. The van der Waals surface area contributed by atoms with Gasteiger partial charge in [-0.05, 0) is 24.1 Å². The van der Waals surface area contributed by atoms with Gasteiger partial charge < -0.3 is 10.8 Å². The molecule has 0 fully saturated rings. The van der Waals surface area contributed by atoms with Crippen molar-refractivity contribution in [3.8, 4) is 5.75 Å². The minimum Gasteiger partial charge on any atom is -0.504 e. The molecule has 0 saturated heterocycles. The molecule has 1 aromatic carbocycles. The number of halogens is 1. The summed E-state index contributed by atoms with van der Waals surface area (Å²) in [4.78, 5) is 11.2. The zero-order valence-corrected chi connectivity index (χ0v) is 7.88. The summed E-state index contributed by atoms with van der Waals surface area (Å²) in [5.74, 6) is -1.85. The Morgan fingerprint density at radius 2 is 2.21 bits per heavy atom. The van der Waals surface area contributed by atoms with E-state index in [9.17, 15) is 14.3 Å². The van der Waals surface area contributed by atoms with Gasteiger partial charge in [0.2, 0.25) is 0 Å². The summed E-state index contributed by atoms with van der Waals surface area (Å²) >= 11 is 0. The Labute approximate surface area is 81.4 Å². The average Bonchev–Trinajstić information content (AvgIpc) is 2.20. The van der Waals surface area contributed by atoms with Crippen LogP contribution in [-0.2, 0) is 6.42 Å². The van der Waals surface area contributed by atoms with E-state index in [2.05, 4.69) is 0 Å². The number of hydrogen-bond donors (Lipinski definition) is 2.